The molecule has 3 rings (SSSR count). The van der Waals surface area contributed by atoms with E-state index in [0.29, 0.717) is 6.42 Å². The van der Waals surface area contributed by atoms with Gasteiger partial charge in [-0.15, -0.1) is 0 Å². The molecular weight excluding hydrogens is 292 g/mol. The van der Waals surface area contributed by atoms with Crippen molar-refractivity contribution < 1.29 is 9.76 Å². The zero-order valence-electron chi connectivity index (χ0n) is 13.4. The molecule has 2 aromatic rings. The van der Waals surface area contributed by atoms with Gasteiger partial charge in [-0.3, -0.25) is 10.1 Å². The van der Waals surface area contributed by atoms with Gasteiger partial charge in [-0.1, -0.05) is 22.9 Å². The van der Waals surface area contributed by atoms with Crippen molar-refractivity contribution >= 4 is 11.4 Å². The van der Waals surface area contributed by atoms with Crippen molar-refractivity contribution in [2.24, 2.45) is 5.16 Å². The van der Waals surface area contributed by atoms with Gasteiger partial charge in [-0.25, -0.2) is 0 Å². The maximum Gasteiger partial charge on any atom is 0.269 e. The molecule has 0 saturated carbocycles. The minimum absolute atomic E-state index is 0.0787. The first kappa shape index (κ1) is 15.2. The Morgan fingerprint density at radius 1 is 1.13 bits per heavy atom. The van der Waals surface area contributed by atoms with E-state index in [9.17, 15) is 10.1 Å². The largest absolute Gasteiger partial charge is 0.387 e. The van der Waals surface area contributed by atoms with Crippen LogP contribution >= 0.6 is 0 Å². The second kappa shape index (κ2) is 5.83. The number of hydrogen-bond donors (Lipinski definition) is 0. The summed E-state index contributed by atoms with van der Waals surface area (Å²) in [5.74, 6) is 0. The Hall–Kier alpha value is -2.69. The summed E-state index contributed by atoms with van der Waals surface area (Å²) in [6.45, 7) is 6.25. The SMILES string of the molecule is Cc1cc(C)c(C2CC(c3ccc([N+](=O)[O-])cc3)=NO2)c(C)c1. The average molecular weight is 310 g/mol. The molecule has 0 aromatic heterocycles. The Bertz CT molecular complexity index is 771. The summed E-state index contributed by atoms with van der Waals surface area (Å²) in [5, 5.41) is 14.9. The van der Waals surface area contributed by atoms with Gasteiger partial charge in [0.05, 0.1) is 10.6 Å². The van der Waals surface area contributed by atoms with Crippen LogP contribution in [0.1, 0.15) is 40.3 Å². The lowest BCUT2D eigenvalue weighted by Gasteiger charge is -2.16. The summed E-state index contributed by atoms with van der Waals surface area (Å²) in [7, 11) is 0. The molecule has 5 heteroatoms. The number of hydrogen-bond acceptors (Lipinski definition) is 4. The summed E-state index contributed by atoms with van der Waals surface area (Å²) < 4.78 is 0. The second-order valence-electron chi connectivity index (χ2n) is 5.95. The second-order valence-corrected chi connectivity index (χ2v) is 5.95. The smallest absolute Gasteiger partial charge is 0.269 e. The van der Waals surface area contributed by atoms with Gasteiger partial charge >= 0.3 is 0 Å². The van der Waals surface area contributed by atoms with E-state index < -0.39 is 4.92 Å². The van der Waals surface area contributed by atoms with Crippen LogP contribution in [0.5, 0.6) is 0 Å². The van der Waals surface area contributed by atoms with Crippen molar-refractivity contribution in [1.82, 2.24) is 0 Å². The lowest BCUT2D eigenvalue weighted by atomic mass is 9.92. The van der Waals surface area contributed by atoms with Crippen molar-refractivity contribution in [3.8, 4) is 0 Å². The third-order valence-electron chi connectivity index (χ3n) is 4.14. The predicted octanol–water partition coefficient (Wildman–Crippen LogP) is 4.39. The van der Waals surface area contributed by atoms with Gasteiger partial charge in [0, 0.05) is 24.1 Å². The third-order valence-corrected chi connectivity index (χ3v) is 4.14. The zero-order valence-corrected chi connectivity index (χ0v) is 13.4. The van der Waals surface area contributed by atoms with Crippen LogP contribution in [0.15, 0.2) is 41.6 Å². The Labute approximate surface area is 134 Å². The topological polar surface area (TPSA) is 64.7 Å². The predicted molar refractivity (Wildman–Crippen MR) is 88.7 cm³/mol. The first-order valence-corrected chi connectivity index (χ1v) is 7.51. The number of oxime groups is 1. The first-order valence-electron chi connectivity index (χ1n) is 7.51. The third kappa shape index (κ3) is 2.95. The molecule has 2 aromatic carbocycles. The molecule has 0 amide bonds. The van der Waals surface area contributed by atoms with Crippen LogP contribution < -0.4 is 0 Å². The van der Waals surface area contributed by atoms with E-state index in [1.807, 2.05) is 0 Å². The zero-order chi connectivity index (χ0) is 16.6. The Balaban J connectivity index is 1.82. The molecule has 5 nitrogen and oxygen atoms in total. The molecule has 0 aliphatic carbocycles. The van der Waals surface area contributed by atoms with Crippen LogP contribution in [0.4, 0.5) is 5.69 Å². The number of benzene rings is 2. The van der Waals surface area contributed by atoms with E-state index in [-0.39, 0.29) is 11.8 Å². The minimum atomic E-state index is -0.404. The summed E-state index contributed by atoms with van der Waals surface area (Å²) in [5.41, 5.74) is 6.58. The highest BCUT2D eigenvalue weighted by Crippen LogP contribution is 2.34. The van der Waals surface area contributed by atoms with E-state index in [2.05, 4.69) is 38.1 Å². The average Bonchev–Trinajstić information content (AvgIpc) is 2.95. The van der Waals surface area contributed by atoms with Crippen LogP contribution in [0.2, 0.25) is 0 Å². The van der Waals surface area contributed by atoms with Gasteiger partial charge in [0.1, 0.15) is 0 Å². The molecule has 0 bridgehead atoms. The number of aryl methyl sites for hydroxylation is 3. The lowest BCUT2D eigenvalue weighted by Crippen LogP contribution is -2.05. The maximum atomic E-state index is 10.7. The summed E-state index contributed by atoms with van der Waals surface area (Å²) in [4.78, 5) is 16.0. The molecule has 0 fully saturated rings. The van der Waals surface area contributed by atoms with Crippen molar-refractivity contribution in [3.63, 3.8) is 0 Å². The van der Waals surface area contributed by atoms with Crippen LogP contribution in [-0.2, 0) is 4.84 Å². The van der Waals surface area contributed by atoms with Gasteiger partial charge in [-0.05, 0) is 49.6 Å². The molecule has 0 N–H and O–H groups in total. The van der Waals surface area contributed by atoms with E-state index >= 15 is 0 Å². The molecular formula is C18H18N2O3. The summed E-state index contributed by atoms with van der Waals surface area (Å²) in [6, 6.07) is 10.7. The summed E-state index contributed by atoms with van der Waals surface area (Å²) >= 11 is 0. The molecule has 118 valence electrons. The minimum Gasteiger partial charge on any atom is -0.387 e. The van der Waals surface area contributed by atoms with Crippen molar-refractivity contribution in [3.05, 3.63) is 74.3 Å². The van der Waals surface area contributed by atoms with Crippen LogP contribution in [-0.4, -0.2) is 10.6 Å². The summed E-state index contributed by atoms with van der Waals surface area (Å²) in [6.07, 6.45) is 0.573. The fraction of sp³-hybridized carbons (Fsp3) is 0.278. The molecule has 1 atom stereocenters. The molecule has 1 aliphatic rings. The molecule has 1 heterocycles. The molecule has 0 saturated heterocycles. The fourth-order valence-electron chi connectivity index (χ4n) is 3.18. The monoisotopic (exact) mass is 310 g/mol. The molecule has 1 unspecified atom stereocenters. The van der Waals surface area contributed by atoms with Gasteiger partial charge in [0.25, 0.3) is 5.69 Å². The van der Waals surface area contributed by atoms with Crippen LogP contribution in [0.3, 0.4) is 0 Å². The van der Waals surface area contributed by atoms with E-state index in [1.165, 1.54) is 34.4 Å². The number of rotatable bonds is 3. The maximum absolute atomic E-state index is 10.7. The van der Waals surface area contributed by atoms with E-state index in [0.717, 1.165) is 11.3 Å². The Kier molecular flexibility index (Phi) is 3.86. The number of nitro benzene ring substituents is 1. The first-order chi connectivity index (χ1) is 11.0. The highest BCUT2D eigenvalue weighted by molar-refractivity contribution is 6.01. The highest BCUT2D eigenvalue weighted by Gasteiger charge is 2.26. The number of nitrogens with zero attached hydrogens (tertiary/aromatic N) is 2. The van der Waals surface area contributed by atoms with Crippen molar-refractivity contribution in [2.75, 3.05) is 0 Å². The molecule has 0 spiro atoms. The van der Waals surface area contributed by atoms with E-state index in [4.69, 9.17) is 4.84 Å². The van der Waals surface area contributed by atoms with Crippen molar-refractivity contribution in [1.29, 1.82) is 0 Å². The quantitative estimate of drug-likeness (QED) is 0.624. The molecule has 0 radical (unpaired) electrons. The molecule has 23 heavy (non-hydrogen) atoms. The van der Waals surface area contributed by atoms with Gasteiger partial charge in [-0.2, -0.15) is 0 Å². The molecule has 1 aliphatic heterocycles. The van der Waals surface area contributed by atoms with Gasteiger partial charge in [0.15, 0.2) is 6.10 Å². The van der Waals surface area contributed by atoms with Crippen LogP contribution in [0, 0.1) is 30.9 Å². The van der Waals surface area contributed by atoms with Gasteiger partial charge < -0.3 is 4.84 Å². The van der Waals surface area contributed by atoms with E-state index in [1.54, 1.807) is 12.1 Å². The van der Waals surface area contributed by atoms with Crippen LogP contribution in [0.25, 0.3) is 0 Å². The van der Waals surface area contributed by atoms with Gasteiger partial charge in [0.2, 0.25) is 0 Å². The normalized spacial score (nSPS) is 16.8. The number of non-ortho nitro benzene ring substituents is 1. The highest BCUT2D eigenvalue weighted by atomic mass is 16.6. The van der Waals surface area contributed by atoms with Crippen molar-refractivity contribution in [2.45, 2.75) is 33.3 Å². The number of nitro groups is 1. The Morgan fingerprint density at radius 3 is 2.30 bits per heavy atom. The Morgan fingerprint density at radius 2 is 1.74 bits per heavy atom. The lowest BCUT2D eigenvalue weighted by molar-refractivity contribution is -0.384. The standard InChI is InChI=1S/C18H18N2O3/c1-11-8-12(2)18(13(3)9-11)17-10-16(19-23-17)14-4-6-15(7-5-14)20(21)22/h4-9,17H,10H2,1-3H3. The fourth-order valence-corrected chi connectivity index (χ4v) is 3.18.